The van der Waals surface area contributed by atoms with E-state index < -0.39 is 0 Å². The number of benzene rings is 1. The van der Waals surface area contributed by atoms with Crippen LogP contribution in [0.5, 0.6) is 0 Å². The molecular formula is C18H22N2O2. The minimum atomic E-state index is -0.0110. The molecule has 4 heteroatoms. The fourth-order valence-electron chi connectivity index (χ4n) is 3.17. The summed E-state index contributed by atoms with van der Waals surface area (Å²) in [7, 11) is 0. The van der Waals surface area contributed by atoms with Crippen LogP contribution in [0.1, 0.15) is 47.6 Å². The molecule has 0 saturated carbocycles. The maximum absolute atomic E-state index is 12.8. The van der Waals surface area contributed by atoms with E-state index in [1.54, 1.807) is 6.07 Å². The van der Waals surface area contributed by atoms with Crippen molar-refractivity contribution >= 4 is 5.91 Å². The lowest BCUT2D eigenvalue weighted by Gasteiger charge is -2.27. The molecule has 0 atom stereocenters. The Hall–Kier alpha value is -2.10. The summed E-state index contributed by atoms with van der Waals surface area (Å²) in [4.78, 5) is 14.8. The molecule has 4 nitrogen and oxygen atoms in total. The maximum atomic E-state index is 12.8. The molecule has 0 N–H and O–H groups in total. The Morgan fingerprint density at radius 2 is 1.95 bits per heavy atom. The van der Waals surface area contributed by atoms with Crippen molar-refractivity contribution in [1.82, 2.24) is 10.1 Å². The van der Waals surface area contributed by atoms with Crippen LogP contribution >= 0.6 is 0 Å². The first-order valence-corrected chi connectivity index (χ1v) is 8.06. The zero-order chi connectivity index (χ0) is 15.5. The molecule has 22 heavy (non-hydrogen) atoms. The van der Waals surface area contributed by atoms with Crippen LogP contribution in [0.3, 0.4) is 0 Å². The average molecular weight is 298 g/mol. The number of amides is 1. The molecule has 1 amide bonds. The molecular weight excluding hydrogens is 276 g/mol. The Kier molecular flexibility index (Phi) is 4.27. The third-order valence-electron chi connectivity index (χ3n) is 4.32. The fourth-order valence-corrected chi connectivity index (χ4v) is 3.17. The molecule has 0 saturated heterocycles. The van der Waals surface area contributed by atoms with Gasteiger partial charge in [0.15, 0.2) is 5.69 Å². The van der Waals surface area contributed by atoms with Gasteiger partial charge in [0.1, 0.15) is 5.76 Å². The molecule has 0 bridgehead atoms. The van der Waals surface area contributed by atoms with E-state index in [2.05, 4.69) is 36.3 Å². The predicted octanol–water partition coefficient (Wildman–Crippen LogP) is 3.26. The van der Waals surface area contributed by atoms with Crippen LogP contribution in [0, 0.1) is 0 Å². The quantitative estimate of drug-likeness (QED) is 0.851. The smallest absolute Gasteiger partial charge is 0.276 e. The highest BCUT2D eigenvalue weighted by Crippen LogP contribution is 2.26. The van der Waals surface area contributed by atoms with Crippen molar-refractivity contribution in [2.45, 2.75) is 45.6 Å². The summed E-state index contributed by atoms with van der Waals surface area (Å²) in [5, 5.41) is 3.94. The lowest BCUT2D eigenvalue weighted by molar-refractivity contribution is 0.0674. The molecule has 1 aliphatic rings. The number of rotatable bonds is 5. The summed E-state index contributed by atoms with van der Waals surface area (Å²) in [6.07, 6.45) is 3.56. The molecule has 0 radical (unpaired) electrons. The van der Waals surface area contributed by atoms with E-state index in [9.17, 15) is 4.79 Å². The van der Waals surface area contributed by atoms with Gasteiger partial charge in [-0.1, -0.05) is 43.3 Å². The van der Waals surface area contributed by atoms with Gasteiger partial charge < -0.3 is 9.42 Å². The van der Waals surface area contributed by atoms with Gasteiger partial charge in [0, 0.05) is 25.1 Å². The van der Waals surface area contributed by atoms with Crippen molar-refractivity contribution in [3.63, 3.8) is 0 Å². The highest BCUT2D eigenvalue weighted by Gasteiger charge is 2.31. The van der Waals surface area contributed by atoms with E-state index in [0.29, 0.717) is 5.69 Å². The van der Waals surface area contributed by atoms with E-state index in [4.69, 9.17) is 4.52 Å². The molecule has 1 aromatic carbocycles. The maximum Gasteiger partial charge on any atom is 0.276 e. The highest BCUT2D eigenvalue weighted by atomic mass is 16.5. The van der Waals surface area contributed by atoms with Crippen LogP contribution < -0.4 is 0 Å². The average Bonchev–Trinajstić information content (AvgIpc) is 3.18. The van der Waals surface area contributed by atoms with Gasteiger partial charge in [-0.25, -0.2) is 0 Å². The van der Waals surface area contributed by atoms with Gasteiger partial charge in [-0.15, -0.1) is 0 Å². The summed E-state index contributed by atoms with van der Waals surface area (Å²) < 4.78 is 5.19. The molecule has 0 unspecified atom stereocenters. The number of aromatic nitrogens is 1. The van der Waals surface area contributed by atoms with E-state index in [-0.39, 0.29) is 11.9 Å². The molecule has 1 aliphatic carbocycles. The number of nitrogens with zero attached hydrogens (tertiary/aromatic N) is 2. The summed E-state index contributed by atoms with van der Waals surface area (Å²) >= 11 is 0. The van der Waals surface area contributed by atoms with E-state index >= 15 is 0 Å². The molecule has 1 heterocycles. The van der Waals surface area contributed by atoms with Gasteiger partial charge >= 0.3 is 0 Å². The van der Waals surface area contributed by atoms with E-state index in [0.717, 1.165) is 38.0 Å². The summed E-state index contributed by atoms with van der Waals surface area (Å²) in [5.74, 6) is 0.748. The second-order valence-electron chi connectivity index (χ2n) is 5.86. The normalized spacial score (nSPS) is 14.1. The van der Waals surface area contributed by atoms with Crippen molar-refractivity contribution in [3.05, 3.63) is 52.9 Å². The van der Waals surface area contributed by atoms with Gasteiger partial charge in [-0.05, 0) is 30.4 Å². The van der Waals surface area contributed by atoms with Crippen molar-refractivity contribution < 1.29 is 9.32 Å². The number of carbonyl (C=O) groups is 1. The molecule has 2 aromatic rings. The lowest BCUT2D eigenvalue weighted by atomic mass is 10.1. The second-order valence-corrected chi connectivity index (χ2v) is 5.86. The molecule has 0 spiro atoms. The minimum absolute atomic E-state index is 0.0110. The minimum Gasteiger partial charge on any atom is -0.361 e. The van der Waals surface area contributed by atoms with Crippen LogP contribution in [0.4, 0.5) is 0 Å². The van der Waals surface area contributed by atoms with Crippen LogP contribution in [-0.2, 0) is 19.3 Å². The second kappa shape index (κ2) is 6.34. The topological polar surface area (TPSA) is 46.3 Å². The van der Waals surface area contributed by atoms with Crippen LogP contribution in [0.2, 0.25) is 0 Å². The first-order chi connectivity index (χ1) is 10.7. The fraction of sp³-hybridized carbons (Fsp3) is 0.444. The molecule has 116 valence electrons. The molecule has 0 fully saturated rings. The predicted molar refractivity (Wildman–Crippen MR) is 84.8 cm³/mol. The van der Waals surface area contributed by atoms with Gasteiger partial charge in [-0.2, -0.15) is 0 Å². The van der Waals surface area contributed by atoms with Crippen LogP contribution in [0.25, 0.3) is 0 Å². The summed E-state index contributed by atoms with van der Waals surface area (Å²) in [6.45, 7) is 4.85. The lowest BCUT2D eigenvalue weighted by Crippen LogP contribution is -2.41. The Bertz CT molecular complexity index is 638. The van der Waals surface area contributed by atoms with Crippen LogP contribution in [0.15, 0.2) is 34.9 Å². The third kappa shape index (κ3) is 2.78. The zero-order valence-electron chi connectivity index (χ0n) is 13.2. The number of hydrogen-bond acceptors (Lipinski definition) is 3. The number of carbonyl (C=O) groups excluding carboxylic acids is 1. The standard InChI is InChI=1S/C18H22N2O2/c1-3-9-20(18(21)17-12-16(4-2)22-19-17)15-10-13-7-5-6-8-14(13)11-15/h5-8,12,15H,3-4,9-11H2,1-2H3. The SMILES string of the molecule is CCCN(C(=O)c1cc(CC)on1)C1Cc2ccccc2C1. The monoisotopic (exact) mass is 298 g/mol. The Morgan fingerprint density at radius 3 is 2.50 bits per heavy atom. The van der Waals surface area contributed by atoms with E-state index in [1.165, 1.54) is 11.1 Å². The van der Waals surface area contributed by atoms with E-state index in [1.807, 2.05) is 11.8 Å². The van der Waals surface area contributed by atoms with Crippen molar-refractivity contribution in [1.29, 1.82) is 0 Å². The third-order valence-corrected chi connectivity index (χ3v) is 4.32. The number of aryl methyl sites for hydroxylation is 1. The van der Waals surface area contributed by atoms with Gasteiger partial charge in [-0.3, -0.25) is 4.79 Å². The van der Waals surface area contributed by atoms with Gasteiger partial charge in [0.25, 0.3) is 5.91 Å². The van der Waals surface area contributed by atoms with Crippen molar-refractivity contribution in [2.75, 3.05) is 6.54 Å². The molecule has 3 rings (SSSR count). The van der Waals surface area contributed by atoms with Crippen molar-refractivity contribution in [3.8, 4) is 0 Å². The van der Waals surface area contributed by atoms with Crippen LogP contribution in [-0.4, -0.2) is 28.6 Å². The summed E-state index contributed by atoms with van der Waals surface area (Å²) in [5.41, 5.74) is 3.15. The van der Waals surface area contributed by atoms with Crippen molar-refractivity contribution in [2.24, 2.45) is 0 Å². The van der Waals surface area contributed by atoms with Gasteiger partial charge in [0.2, 0.25) is 0 Å². The Balaban J connectivity index is 1.80. The summed E-state index contributed by atoms with van der Waals surface area (Å²) in [6, 6.07) is 10.5. The highest BCUT2D eigenvalue weighted by molar-refractivity contribution is 5.92. The largest absolute Gasteiger partial charge is 0.361 e. The number of fused-ring (bicyclic) bond motifs is 1. The molecule has 1 aromatic heterocycles. The van der Waals surface area contributed by atoms with Gasteiger partial charge in [0.05, 0.1) is 0 Å². The number of hydrogen-bond donors (Lipinski definition) is 0. The first-order valence-electron chi connectivity index (χ1n) is 8.06. The molecule has 0 aliphatic heterocycles. The zero-order valence-corrected chi connectivity index (χ0v) is 13.2. The first kappa shape index (κ1) is 14.8. The Labute approximate surface area is 131 Å². The Morgan fingerprint density at radius 1 is 1.27 bits per heavy atom.